The molecule has 0 aliphatic heterocycles. The number of esters is 1. The van der Waals surface area contributed by atoms with Crippen molar-refractivity contribution in [1.82, 2.24) is 5.32 Å². The molecule has 1 aromatic rings. The number of carbonyl (C=O) groups excluding carboxylic acids is 2. The van der Waals surface area contributed by atoms with Crippen molar-refractivity contribution in [3.63, 3.8) is 0 Å². The van der Waals surface area contributed by atoms with Gasteiger partial charge in [-0.15, -0.1) is 0 Å². The Morgan fingerprint density at radius 2 is 1.95 bits per heavy atom. The van der Waals surface area contributed by atoms with Crippen LogP contribution in [0.1, 0.15) is 31.1 Å². The summed E-state index contributed by atoms with van der Waals surface area (Å²) in [6, 6.07) is 4.44. The number of ether oxygens (including phenoxy) is 1. The third kappa shape index (κ3) is 4.44. The molecule has 0 fully saturated rings. The average Bonchev–Trinajstić information content (AvgIpc) is 2.27. The molecule has 1 atom stereocenters. The van der Waals surface area contributed by atoms with E-state index in [1.807, 2.05) is 13.8 Å². The average molecular weight is 285 g/mol. The lowest BCUT2D eigenvalue weighted by Gasteiger charge is -2.15. The normalized spacial score (nSPS) is 12.1. The first-order valence-electron chi connectivity index (χ1n) is 5.87. The lowest BCUT2D eigenvalue weighted by molar-refractivity contribution is -0.129. The number of carbonyl (C=O) groups is 2. The van der Waals surface area contributed by atoms with Gasteiger partial charge in [-0.3, -0.25) is 4.79 Å². The van der Waals surface area contributed by atoms with Crippen molar-refractivity contribution in [2.24, 2.45) is 0 Å². The maximum Gasteiger partial charge on any atom is 0.340 e. The Kier molecular flexibility index (Phi) is 5.18. The molecule has 3 N–H and O–H groups in total. The minimum absolute atomic E-state index is 0.0197. The second-order valence-corrected chi connectivity index (χ2v) is 4.86. The predicted molar refractivity (Wildman–Crippen MR) is 74.0 cm³/mol. The fourth-order valence-electron chi connectivity index (χ4n) is 1.38. The lowest BCUT2D eigenvalue weighted by Crippen LogP contribution is -2.39. The zero-order chi connectivity index (χ0) is 14.6. The summed E-state index contributed by atoms with van der Waals surface area (Å²) in [7, 11) is 0. The Bertz CT molecular complexity index is 489. The topological polar surface area (TPSA) is 81.4 Å². The minimum atomic E-state index is -0.886. The van der Waals surface area contributed by atoms with E-state index >= 15 is 0 Å². The molecular weight excluding hydrogens is 268 g/mol. The minimum Gasteiger partial charge on any atom is -0.449 e. The van der Waals surface area contributed by atoms with E-state index in [1.54, 1.807) is 6.07 Å². The van der Waals surface area contributed by atoms with Gasteiger partial charge in [0.25, 0.3) is 5.91 Å². The highest BCUT2D eigenvalue weighted by atomic mass is 35.5. The van der Waals surface area contributed by atoms with Crippen molar-refractivity contribution >= 4 is 29.2 Å². The van der Waals surface area contributed by atoms with Gasteiger partial charge in [-0.1, -0.05) is 11.6 Å². The van der Waals surface area contributed by atoms with Crippen LogP contribution in [-0.2, 0) is 9.53 Å². The number of hydrogen-bond acceptors (Lipinski definition) is 4. The van der Waals surface area contributed by atoms with E-state index in [0.29, 0.717) is 5.69 Å². The van der Waals surface area contributed by atoms with Gasteiger partial charge in [-0.2, -0.15) is 0 Å². The second kappa shape index (κ2) is 6.43. The number of nitrogens with one attached hydrogen (secondary N) is 1. The van der Waals surface area contributed by atoms with Crippen LogP contribution in [0.3, 0.4) is 0 Å². The van der Waals surface area contributed by atoms with Crippen LogP contribution in [0.5, 0.6) is 0 Å². The second-order valence-electron chi connectivity index (χ2n) is 4.45. The lowest BCUT2D eigenvalue weighted by atomic mass is 10.2. The summed E-state index contributed by atoms with van der Waals surface area (Å²) in [5.41, 5.74) is 6.16. The number of rotatable bonds is 4. The summed E-state index contributed by atoms with van der Waals surface area (Å²) in [6.07, 6.45) is -0.886. The molecule has 1 unspecified atom stereocenters. The highest BCUT2D eigenvalue weighted by Gasteiger charge is 2.20. The Labute approximate surface area is 117 Å². The summed E-state index contributed by atoms with van der Waals surface area (Å²) in [4.78, 5) is 23.5. The summed E-state index contributed by atoms with van der Waals surface area (Å²) < 4.78 is 5.04. The molecule has 5 nitrogen and oxygen atoms in total. The first-order valence-corrected chi connectivity index (χ1v) is 6.25. The van der Waals surface area contributed by atoms with Crippen molar-refractivity contribution in [2.45, 2.75) is 32.9 Å². The first-order chi connectivity index (χ1) is 8.81. The van der Waals surface area contributed by atoms with Crippen molar-refractivity contribution in [3.05, 3.63) is 28.8 Å². The smallest absolute Gasteiger partial charge is 0.340 e. The van der Waals surface area contributed by atoms with Crippen molar-refractivity contribution in [2.75, 3.05) is 5.73 Å². The van der Waals surface area contributed by atoms with Crippen LogP contribution in [0, 0.1) is 0 Å². The van der Waals surface area contributed by atoms with Crippen molar-refractivity contribution < 1.29 is 14.3 Å². The molecule has 19 heavy (non-hydrogen) atoms. The van der Waals surface area contributed by atoms with E-state index in [9.17, 15) is 9.59 Å². The standard InChI is InChI=1S/C13H17ClN2O3/c1-7(2)16-12(17)8(3)19-13(18)10-5-4-9(15)6-11(10)14/h4-8H,15H2,1-3H3,(H,16,17). The van der Waals surface area contributed by atoms with Crippen LogP contribution in [0.4, 0.5) is 5.69 Å². The van der Waals surface area contributed by atoms with Crippen molar-refractivity contribution in [1.29, 1.82) is 0 Å². The Morgan fingerprint density at radius 1 is 1.32 bits per heavy atom. The number of amides is 1. The largest absolute Gasteiger partial charge is 0.449 e. The van der Waals surface area contributed by atoms with E-state index in [-0.39, 0.29) is 22.5 Å². The molecule has 0 bridgehead atoms. The van der Waals surface area contributed by atoms with Crippen LogP contribution >= 0.6 is 11.6 Å². The zero-order valence-corrected chi connectivity index (χ0v) is 11.8. The molecule has 0 aliphatic carbocycles. The number of benzene rings is 1. The third-order valence-corrected chi connectivity index (χ3v) is 2.61. The Balaban J connectivity index is 2.71. The summed E-state index contributed by atoms with van der Waals surface area (Å²) in [5.74, 6) is -1.01. The van der Waals surface area contributed by atoms with Crippen LogP contribution in [-0.4, -0.2) is 24.0 Å². The van der Waals surface area contributed by atoms with Gasteiger partial charge in [-0.25, -0.2) is 4.79 Å². The molecular formula is C13H17ClN2O3. The third-order valence-electron chi connectivity index (χ3n) is 2.30. The van der Waals surface area contributed by atoms with Gasteiger partial charge >= 0.3 is 5.97 Å². The number of nitrogen functional groups attached to an aromatic ring is 1. The fraction of sp³-hybridized carbons (Fsp3) is 0.385. The number of hydrogen-bond donors (Lipinski definition) is 2. The van der Waals surface area contributed by atoms with E-state index < -0.39 is 12.1 Å². The molecule has 1 aromatic carbocycles. The Hall–Kier alpha value is -1.75. The van der Waals surface area contributed by atoms with Gasteiger partial charge in [0.1, 0.15) is 0 Å². The maximum absolute atomic E-state index is 11.8. The van der Waals surface area contributed by atoms with Gasteiger partial charge in [-0.05, 0) is 39.0 Å². The molecule has 6 heteroatoms. The molecule has 0 heterocycles. The van der Waals surface area contributed by atoms with E-state index in [1.165, 1.54) is 19.1 Å². The van der Waals surface area contributed by atoms with E-state index in [0.717, 1.165) is 0 Å². The molecule has 0 aromatic heterocycles. The highest BCUT2D eigenvalue weighted by Crippen LogP contribution is 2.20. The molecule has 0 saturated heterocycles. The Morgan fingerprint density at radius 3 is 2.47 bits per heavy atom. The fourth-order valence-corrected chi connectivity index (χ4v) is 1.64. The molecule has 0 saturated carbocycles. The molecule has 104 valence electrons. The summed E-state index contributed by atoms with van der Waals surface area (Å²) in [5, 5.41) is 2.85. The SMILES string of the molecule is CC(C)NC(=O)C(C)OC(=O)c1ccc(N)cc1Cl. The van der Waals surface area contributed by atoms with Gasteiger partial charge < -0.3 is 15.8 Å². The monoisotopic (exact) mass is 284 g/mol. The molecule has 0 aliphatic rings. The molecule has 1 amide bonds. The summed E-state index contributed by atoms with van der Waals surface area (Å²) >= 11 is 5.89. The quantitative estimate of drug-likeness (QED) is 0.654. The number of nitrogens with two attached hydrogens (primary N) is 1. The van der Waals surface area contributed by atoms with Crippen molar-refractivity contribution in [3.8, 4) is 0 Å². The van der Waals surface area contributed by atoms with Crippen LogP contribution < -0.4 is 11.1 Å². The summed E-state index contributed by atoms with van der Waals surface area (Å²) in [6.45, 7) is 5.15. The van der Waals surface area contributed by atoms with Crippen LogP contribution in [0.2, 0.25) is 5.02 Å². The molecule has 1 rings (SSSR count). The number of halogens is 1. The zero-order valence-electron chi connectivity index (χ0n) is 11.1. The number of anilines is 1. The van der Waals surface area contributed by atoms with Gasteiger partial charge in [0.05, 0.1) is 10.6 Å². The molecule has 0 spiro atoms. The predicted octanol–water partition coefficient (Wildman–Crippen LogP) is 1.99. The van der Waals surface area contributed by atoms with Crippen LogP contribution in [0.25, 0.3) is 0 Å². The first kappa shape index (κ1) is 15.3. The van der Waals surface area contributed by atoms with Gasteiger partial charge in [0, 0.05) is 11.7 Å². The van der Waals surface area contributed by atoms with E-state index in [4.69, 9.17) is 22.1 Å². The van der Waals surface area contributed by atoms with Gasteiger partial charge in [0.15, 0.2) is 6.10 Å². The van der Waals surface area contributed by atoms with Crippen LogP contribution in [0.15, 0.2) is 18.2 Å². The maximum atomic E-state index is 11.8. The highest BCUT2D eigenvalue weighted by molar-refractivity contribution is 6.33. The molecule has 0 radical (unpaired) electrons. The van der Waals surface area contributed by atoms with E-state index in [2.05, 4.69) is 5.32 Å². The van der Waals surface area contributed by atoms with Gasteiger partial charge in [0.2, 0.25) is 0 Å².